The molecule has 6 N–H and O–H groups in total. The molecule has 0 saturated heterocycles. The van der Waals surface area contributed by atoms with Crippen LogP contribution in [0.25, 0.3) is 0 Å². The number of aliphatic carboxylic acids is 1. The molecule has 0 unspecified atom stereocenters. The number of amides is 2. The Morgan fingerprint density at radius 2 is 1.91 bits per heavy atom. The molecule has 8 nitrogen and oxygen atoms in total. The number of rotatable bonds is 7. The number of nitrogens with zero attached hydrogens (tertiary/aromatic N) is 1. The van der Waals surface area contributed by atoms with E-state index in [1.54, 1.807) is 45.0 Å². The van der Waals surface area contributed by atoms with Crippen molar-refractivity contribution in [2.45, 2.75) is 26.8 Å². The van der Waals surface area contributed by atoms with E-state index in [0.717, 1.165) is 5.69 Å². The van der Waals surface area contributed by atoms with E-state index in [0.29, 0.717) is 23.2 Å². The molecule has 0 fully saturated rings. The van der Waals surface area contributed by atoms with Gasteiger partial charge in [0.05, 0.1) is 12.2 Å². The molecular weight excluding hydrogens is 413 g/mol. The number of urea groups is 1. The monoisotopic (exact) mass is 439 g/mol. The Balaban J connectivity index is 2.14. The van der Waals surface area contributed by atoms with Crippen LogP contribution in [0, 0.1) is 30.0 Å². The van der Waals surface area contributed by atoms with Gasteiger partial charge < -0.3 is 21.5 Å². The zero-order chi connectivity index (χ0) is 23.8. The number of halogens is 1. The van der Waals surface area contributed by atoms with Crippen LogP contribution in [0.2, 0.25) is 0 Å². The second-order valence-electron chi connectivity index (χ2n) is 7.28. The molecule has 2 aromatic rings. The van der Waals surface area contributed by atoms with E-state index >= 15 is 0 Å². The van der Waals surface area contributed by atoms with Gasteiger partial charge in [0.2, 0.25) is 0 Å². The van der Waals surface area contributed by atoms with Gasteiger partial charge in [0.15, 0.2) is 0 Å². The molecule has 0 saturated carbocycles. The van der Waals surface area contributed by atoms with Gasteiger partial charge in [-0.05, 0) is 62.7 Å². The highest BCUT2D eigenvalue weighted by Gasteiger charge is 2.23. The van der Waals surface area contributed by atoms with Gasteiger partial charge in [0.25, 0.3) is 0 Å². The minimum atomic E-state index is -1.19. The number of carboxylic acids is 1. The molecule has 0 heterocycles. The summed E-state index contributed by atoms with van der Waals surface area (Å²) in [5, 5.41) is 21.5. The highest BCUT2D eigenvalue weighted by atomic mass is 19.1. The number of carbonyl (C=O) groups excluding carboxylic acids is 1. The predicted molar refractivity (Wildman–Crippen MR) is 123 cm³/mol. The number of anilines is 2. The number of nitrogen functional groups attached to an aromatic ring is 1. The van der Waals surface area contributed by atoms with Crippen LogP contribution in [-0.4, -0.2) is 42.1 Å². The van der Waals surface area contributed by atoms with Crippen molar-refractivity contribution < 1.29 is 19.1 Å². The molecule has 0 radical (unpaired) electrons. The Labute approximate surface area is 186 Å². The molecule has 2 amide bonds. The van der Waals surface area contributed by atoms with E-state index in [1.165, 1.54) is 17.0 Å². The van der Waals surface area contributed by atoms with E-state index in [2.05, 4.69) is 22.5 Å². The van der Waals surface area contributed by atoms with Crippen molar-refractivity contribution in [3.63, 3.8) is 0 Å². The van der Waals surface area contributed by atoms with Crippen LogP contribution in [0.4, 0.5) is 20.6 Å². The van der Waals surface area contributed by atoms with Crippen molar-refractivity contribution in [3.8, 4) is 11.8 Å². The number of nitrogens with two attached hydrogens (primary N) is 1. The average Bonchev–Trinajstić information content (AvgIpc) is 2.72. The number of carboxylic acid groups (broad SMARTS) is 1. The topological polar surface area (TPSA) is 132 Å². The molecule has 0 aliphatic rings. The summed E-state index contributed by atoms with van der Waals surface area (Å²) in [7, 11) is 0. The van der Waals surface area contributed by atoms with Gasteiger partial charge in [0.1, 0.15) is 18.2 Å². The number of aryl methyl sites for hydroxylation is 1. The Kier molecular flexibility index (Phi) is 8.18. The van der Waals surface area contributed by atoms with Gasteiger partial charge in [-0.25, -0.2) is 9.18 Å². The minimum absolute atomic E-state index is 0.00677. The largest absolute Gasteiger partial charge is 0.480 e. The Bertz CT molecular complexity index is 1070. The Hall–Kier alpha value is -4.06. The fourth-order valence-electron chi connectivity index (χ4n) is 2.90. The molecule has 2 rings (SSSR count). The van der Waals surface area contributed by atoms with Crippen molar-refractivity contribution in [2.24, 2.45) is 5.73 Å². The van der Waals surface area contributed by atoms with Gasteiger partial charge >= 0.3 is 12.0 Å². The number of amidine groups is 1. The molecule has 32 heavy (non-hydrogen) atoms. The van der Waals surface area contributed by atoms with E-state index < -0.39 is 30.4 Å². The van der Waals surface area contributed by atoms with Crippen molar-refractivity contribution >= 4 is 29.2 Å². The van der Waals surface area contributed by atoms with E-state index in [-0.39, 0.29) is 11.5 Å². The second kappa shape index (κ2) is 10.8. The fourth-order valence-corrected chi connectivity index (χ4v) is 2.90. The van der Waals surface area contributed by atoms with E-state index in [4.69, 9.17) is 16.2 Å². The van der Waals surface area contributed by atoms with Crippen LogP contribution in [-0.2, 0) is 4.79 Å². The maximum atomic E-state index is 14.8. The Morgan fingerprint density at radius 1 is 1.25 bits per heavy atom. The first-order valence-corrected chi connectivity index (χ1v) is 9.86. The van der Waals surface area contributed by atoms with E-state index in [9.17, 15) is 14.0 Å². The summed E-state index contributed by atoms with van der Waals surface area (Å²) in [6, 6.07) is 8.72. The predicted octanol–water partition coefficient (Wildman–Crippen LogP) is 2.89. The first-order chi connectivity index (χ1) is 15.1. The summed E-state index contributed by atoms with van der Waals surface area (Å²) < 4.78 is 14.8. The van der Waals surface area contributed by atoms with Gasteiger partial charge in [0, 0.05) is 22.9 Å². The van der Waals surface area contributed by atoms with Gasteiger partial charge in [-0.2, -0.15) is 0 Å². The number of benzene rings is 2. The van der Waals surface area contributed by atoms with Gasteiger partial charge in [-0.1, -0.05) is 11.8 Å². The zero-order valence-electron chi connectivity index (χ0n) is 18.1. The van der Waals surface area contributed by atoms with Crippen LogP contribution < -0.4 is 21.3 Å². The lowest BCUT2D eigenvalue weighted by Crippen LogP contribution is -2.46. The van der Waals surface area contributed by atoms with Crippen molar-refractivity contribution in [3.05, 3.63) is 58.9 Å². The summed E-state index contributed by atoms with van der Waals surface area (Å²) in [6.45, 7) is 4.93. The standard InChI is InChI=1S/C23H26FN5O3/c1-14(2)29(23(32)28-13-21(30)31)20-11-15(3)17(12-19(20)24)5-4-10-27-18-8-6-16(7-9-18)22(25)26/h6-9,11-12,14,27H,10,13H2,1-3H3,(H3,25,26)(H,28,32)(H,30,31). The minimum Gasteiger partial charge on any atom is -0.480 e. The summed E-state index contributed by atoms with van der Waals surface area (Å²) in [5.74, 6) is 4.02. The maximum Gasteiger partial charge on any atom is 0.323 e. The summed E-state index contributed by atoms with van der Waals surface area (Å²) >= 11 is 0. The molecule has 0 aliphatic heterocycles. The maximum absolute atomic E-state index is 14.8. The quantitative estimate of drug-likeness (QED) is 0.257. The SMILES string of the molecule is Cc1cc(N(C(=O)NCC(=O)O)C(C)C)c(F)cc1C#CCNc1ccc(C(=N)N)cc1. The number of nitrogens with one attached hydrogen (secondary N) is 3. The van der Waals surface area contributed by atoms with Crippen molar-refractivity contribution in [2.75, 3.05) is 23.3 Å². The number of hydrogen-bond donors (Lipinski definition) is 5. The molecule has 0 atom stereocenters. The lowest BCUT2D eigenvalue weighted by atomic mass is 10.1. The summed E-state index contributed by atoms with van der Waals surface area (Å²) in [6.07, 6.45) is 0. The molecule has 9 heteroatoms. The van der Waals surface area contributed by atoms with Crippen LogP contribution in [0.1, 0.15) is 30.5 Å². The normalized spacial score (nSPS) is 10.2. The van der Waals surface area contributed by atoms with Crippen LogP contribution in [0.15, 0.2) is 36.4 Å². The molecule has 168 valence electrons. The molecule has 2 aromatic carbocycles. The van der Waals surface area contributed by atoms with Crippen molar-refractivity contribution in [1.29, 1.82) is 5.41 Å². The third kappa shape index (κ3) is 6.47. The highest BCUT2D eigenvalue weighted by Crippen LogP contribution is 2.25. The number of carbonyl (C=O) groups is 2. The summed E-state index contributed by atoms with van der Waals surface area (Å²) in [4.78, 5) is 24.3. The zero-order valence-corrected chi connectivity index (χ0v) is 18.1. The van der Waals surface area contributed by atoms with Crippen LogP contribution >= 0.6 is 0 Å². The van der Waals surface area contributed by atoms with Crippen LogP contribution in [0.3, 0.4) is 0 Å². The molecule has 0 aliphatic carbocycles. The average molecular weight is 439 g/mol. The molecule has 0 bridgehead atoms. The fraction of sp³-hybridized carbons (Fsp3) is 0.261. The third-order valence-corrected chi connectivity index (χ3v) is 4.48. The van der Waals surface area contributed by atoms with Gasteiger partial charge in [-0.15, -0.1) is 0 Å². The van der Waals surface area contributed by atoms with E-state index in [1.807, 2.05) is 0 Å². The lowest BCUT2D eigenvalue weighted by Gasteiger charge is -2.27. The molecule has 0 spiro atoms. The van der Waals surface area contributed by atoms with Gasteiger partial charge in [-0.3, -0.25) is 15.1 Å². The highest BCUT2D eigenvalue weighted by molar-refractivity contribution is 5.95. The molecular formula is C23H26FN5O3. The first kappa shape index (κ1) is 24.2. The Morgan fingerprint density at radius 3 is 2.47 bits per heavy atom. The number of hydrogen-bond acceptors (Lipinski definition) is 4. The summed E-state index contributed by atoms with van der Waals surface area (Å²) in [5.41, 5.74) is 8.07. The van der Waals surface area contributed by atoms with Crippen molar-refractivity contribution in [1.82, 2.24) is 5.32 Å². The van der Waals surface area contributed by atoms with Crippen LogP contribution in [0.5, 0.6) is 0 Å². The third-order valence-electron chi connectivity index (χ3n) is 4.48. The molecule has 0 aromatic heterocycles. The lowest BCUT2D eigenvalue weighted by molar-refractivity contribution is -0.135. The smallest absolute Gasteiger partial charge is 0.323 e. The first-order valence-electron chi connectivity index (χ1n) is 9.86. The second-order valence-corrected chi connectivity index (χ2v) is 7.28.